The molecular formula is C24H28N2. The van der Waals surface area contributed by atoms with Crippen molar-refractivity contribution in [3.63, 3.8) is 0 Å². The van der Waals surface area contributed by atoms with Crippen LogP contribution in [0.3, 0.4) is 0 Å². The van der Waals surface area contributed by atoms with Gasteiger partial charge in [-0.1, -0.05) is 53.6 Å². The van der Waals surface area contributed by atoms with Crippen LogP contribution in [0.4, 0.5) is 0 Å². The summed E-state index contributed by atoms with van der Waals surface area (Å²) in [6.45, 7) is 9.84. The highest BCUT2D eigenvalue weighted by atomic mass is 15.2. The van der Waals surface area contributed by atoms with Gasteiger partial charge in [-0.15, -0.1) is 0 Å². The summed E-state index contributed by atoms with van der Waals surface area (Å²) >= 11 is 0. The van der Waals surface area contributed by atoms with Gasteiger partial charge in [0.1, 0.15) is 0 Å². The highest BCUT2D eigenvalue weighted by molar-refractivity contribution is 5.38. The Labute approximate surface area is 157 Å². The van der Waals surface area contributed by atoms with E-state index < -0.39 is 0 Å². The Bertz CT molecular complexity index is 906. The molecule has 26 heavy (non-hydrogen) atoms. The Morgan fingerprint density at radius 2 is 1.73 bits per heavy atom. The lowest BCUT2D eigenvalue weighted by molar-refractivity contribution is 0.220. The van der Waals surface area contributed by atoms with Gasteiger partial charge in [0, 0.05) is 31.5 Å². The number of aromatic nitrogens is 1. The number of rotatable bonds is 3. The first-order valence-corrected chi connectivity index (χ1v) is 9.63. The maximum atomic E-state index is 2.66. The van der Waals surface area contributed by atoms with Crippen molar-refractivity contribution in [1.82, 2.24) is 9.47 Å². The van der Waals surface area contributed by atoms with Crippen molar-refractivity contribution < 1.29 is 0 Å². The third-order valence-corrected chi connectivity index (χ3v) is 5.55. The number of benzene rings is 2. The van der Waals surface area contributed by atoms with Crippen LogP contribution in [0.5, 0.6) is 0 Å². The van der Waals surface area contributed by atoms with Crippen LogP contribution in [-0.4, -0.2) is 16.0 Å². The van der Waals surface area contributed by atoms with Gasteiger partial charge in [-0.2, -0.15) is 0 Å². The molecule has 1 atom stereocenters. The first-order chi connectivity index (χ1) is 12.6. The maximum Gasteiger partial charge on any atom is 0.0761 e. The molecular weight excluding hydrogens is 316 g/mol. The summed E-state index contributed by atoms with van der Waals surface area (Å²) < 4.78 is 2.45. The Hall–Kier alpha value is -2.32. The largest absolute Gasteiger partial charge is 0.350 e. The molecule has 1 aliphatic heterocycles. The fraction of sp³-hybridized carbons (Fsp3) is 0.333. The maximum absolute atomic E-state index is 2.66. The van der Waals surface area contributed by atoms with Gasteiger partial charge >= 0.3 is 0 Å². The van der Waals surface area contributed by atoms with Crippen molar-refractivity contribution in [3.8, 4) is 0 Å². The number of fused-ring (bicyclic) bond motifs is 1. The van der Waals surface area contributed by atoms with Crippen molar-refractivity contribution in [2.75, 3.05) is 6.54 Å². The van der Waals surface area contributed by atoms with E-state index >= 15 is 0 Å². The SMILES string of the molecule is Cc1cccc(CN2CCCn3cccc3[C@@H]2c2cc(C)ccc2C)c1. The van der Waals surface area contributed by atoms with Gasteiger partial charge in [-0.3, -0.25) is 4.90 Å². The van der Waals surface area contributed by atoms with E-state index in [0.29, 0.717) is 6.04 Å². The van der Waals surface area contributed by atoms with Gasteiger partial charge in [0.2, 0.25) is 0 Å². The van der Waals surface area contributed by atoms with E-state index in [1.807, 2.05) is 0 Å². The summed E-state index contributed by atoms with van der Waals surface area (Å²) in [4.78, 5) is 2.66. The van der Waals surface area contributed by atoms with Crippen LogP contribution < -0.4 is 0 Å². The molecule has 0 saturated carbocycles. The molecule has 2 nitrogen and oxygen atoms in total. The van der Waals surface area contributed by atoms with Crippen molar-refractivity contribution in [1.29, 1.82) is 0 Å². The monoisotopic (exact) mass is 344 g/mol. The Balaban J connectivity index is 1.79. The molecule has 2 aromatic carbocycles. The standard InChI is InChI=1S/C24H28N2/c1-18-7-4-8-21(15-18)17-26-14-6-13-25-12-5-9-23(25)24(26)22-16-19(2)10-11-20(22)3/h4-5,7-12,15-16,24H,6,13-14,17H2,1-3H3/t24-/m0/s1. The first-order valence-electron chi connectivity index (χ1n) is 9.63. The van der Waals surface area contributed by atoms with E-state index in [4.69, 9.17) is 0 Å². The van der Waals surface area contributed by atoms with Crippen LogP contribution in [0, 0.1) is 20.8 Å². The van der Waals surface area contributed by atoms with Crippen LogP contribution in [0.25, 0.3) is 0 Å². The van der Waals surface area contributed by atoms with Gasteiger partial charge in [-0.05, 0) is 56.0 Å². The predicted octanol–water partition coefficient (Wildman–Crippen LogP) is 5.41. The molecule has 1 aliphatic rings. The lowest BCUT2D eigenvalue weighted by atomic mass is 9.95. The number of nitrogens with zero attached hydrogens (tertiary/aromatic N) is 2. The molecule has 2 heterocycles. The lowest BCUT2D eigenvalue weighted by Gasteiger charge is -2.32. The molecule has 0 amide bonds. The Morgan fingerprint density at radius 3 is 2.58 bits per heavy atom. The van der Waals surface area contributed by atoms with Gasteiger partial charge in [0.25, 0.3) is 0 Å². The van der Waals surface area contributed by atoms with Gasteiger partial charge in [0.15, 0.2) is 0 Å². The molecule has 0 fully saturated rings. The minimum Gasteiger partial charge on any atom is -0.350 e. The van der Waals surface area contributed by atoms with Gasteiger partial charge in [0.05, 0.1) is 6.04 Å². The topological polar surface area (TPSA) is 8.17 Å². The second-order valence-electron chi connectivity index (χ2n) is 7.70. The number of aryl methyl sites for hydroxylation is 4. The van der Waals surface area contributed by atoms with Crippen molar-refractivity contribution in [2.24, 2.45) is 0 Å². The summed E-state index contributed by atoms with van der Waals surface area (Å²) in [5.74, 6) is 0. The van der Waals surface area contributed by atoms with Crippen molar-refractivity contribution in [3.05, 3.63) is 94.3 Å². The van der Waals surface area contributed by atoms with Crippen LogP contribution >= 0.6 is 0 Å². The summed E-state index contributed by atoms with van der Waals surface area (Å²) in [7, 11) is 0. The molecule has 3 aromatic rings. The fourth-order valence-corrected chi connectivity index (χ4v) is 4.27. The van der Waals surface area contributed by atoms with E-state index in [1.165, 1.54) is 39.9 Å². The molecule has 0 saturated heterocycles. The smallest absolute Gasteiger partial charge is 0.0761 e. The zero-order valence-electron chi connectivity index (χ0n) is 16.1. The summed E-state index contributed by atoms with van der Waals surface area (Å²) in [5, 5.41) is 0. The number of hydrogen-bond acceptors (Lipinski definition) is 1. The second-order valence-corrected chi connectivity index (χ2v) is 7.70. The molecule has 1 aromatic heterocycles. The average Bonchev–Trinajstić information content (AvgIpc) is 3.00. The molecule has 0 aliphatic carbocycles. The quantitative estimate of drug-likeness (QED) is 0.617. The molecule has 2 heteroatoms. The van der Waals surface area contributed by atoms with E-state index in [-0.39, 0.29) is 0 Å². The minimum atomic E-state index is 0.313. The predicted molar refractivity (Wildman–Crippen MR) is 108 cm³/mol. The summed E-state index contributed by atoms with van der Waals surface area (Å²) in [6.07, 6.45) is 3.43. The van der Waals surface area contributed by atoms with E-state index in [9.17, 15) is 0 Å². The lowest BCUT2D eigenvalue weighted by Crippen LogP contribution is -2.30. The molecule has 0 unspecified atom stereocenters. The van der Waals surface area contributed by atoms with Crippen LogP contribution in [0.15, 0.2) is 60.8 Å². The molecule has 4 rings (SSSR count). The van der Waals surface area contributed by atoms with E-state index in [2.05, 4.69) is 91.0 Å². The Kier molecular flexibility index (Phi) is 4.69. The van der Waals surface area contributed by atoms with Gasteiger partial charge < -0.3 is 4.57 Å². The van der Waals surface area contributed by atoms with Crippen molar-refractivity contribution in [2.45, 2.75) is 46.3 Å². The zero-order valence-corrected chi connectivity index (χ0v) is 16.1. The normalized spacial score (nSPS) is 17.7. The third kappa shape index (κ3) is 3.34. The van der Waals surface area contributed by atoms with E-state index in [0.717, 1.165) is 19.6 Å². The molecule has 0 N–H and O–H groups in total. The highest BCUT2D eigenvalue weighted by Gasteiger charge is 2.28. The second kappa shape index (κ2) is 7.13. The summed E-state index contributed by atoms with van der Waals surface area (Å²) in [5.41, 5.74) is 8.32. The molecule has 0 spiro atoms. The van der Waals surface area contributed by atoms with Crippen LogP contribution in [-0.2, 0) is 13.1 Å². The van der Waals surface area contributed by atoms with Crippen LogP contribution in [0.2, 0.25) is 0 Å². The van der Waals surface area contributed by atoms with E-state index in [1.54, 1.807) is 0 Å². The third-order valence-electron chi connectivity index (χ3n) is 5.55. The number of hydrogen-bond donors (Lipinski definition) is 0. The molecule has 0 radical (unpaired) electrons. The van der Waals surface area contributed by atoms with Crippen LogP contribution in [0.1, 0.15) is 46.0 Å². The van der Waals surface area contributed by atoms with Crippen molar-refractivity contribution >= 4 is 0 Å². The Morgan fingerprint density at radius 1 is 0.885 bits per heavy atom. The molecule has 134 valence electrons. The van der Waals surface area contributed by atoms with Gasteiger partial charge in [-0.25, -0.2) is 0 Å². The minimum absolute atomic E-state index is 0.313. The highest BCUT2D eigenvalue weighted by Crippen LogP contribution is 2.35. The zero-order chi connectivity index (χ0) is 18.1. The average molecular weight is 345 g/mol. The summed E-state index contributed by atoms with van der Waals surface area (Å²) in [6, 6.07) is 20.6. The fourth-order valence-electron chi connectivity index (χ4n) is 4.27. The molecule has 0 bridgehead atoms. The first kappa shape index (κ1) is 17.1.